The zero-order chi connectivity index (χ0) is 24.7. The first-order valence-corrected chi connectivity index (χ1v) is 11.0. The van der Waals surface area contributed by atoms with Crippen LogP contribution in [0.1, 0.15) is 24.9 Å². The molecule has 1 fully saturated rings. The summed E-state index contributed by atoms with van der Waals surface area (Å²) in [6.07, 6.45) is 1.49. The number of anilines is 1. The summed E-state index contributed by atoms with van der Waals surface area (Å²) in [4.78, 5) is 26.7. The van der Waals surface area contributed by atoms with Crippen LogP contribution in [0.3, 0.4) is 0 Å². The molecule has 6 nitrogen and oxygen atoms in total. The van der Waals surface area contributed by atoms with Gasteiger partial charge in [-0.25, -0.2) is 9.07 Å². The van der Waals surface area contributed by atoms with Gasteiger partial charge < -0.3 is 10.2 Å². The van der Waals surface area contributed by atoms with E-state index in [-0.39, 0.29) is 18.1 Å². The topological polar surface area (TPSA) is 67.2 Å². The maximum atomic E-state index is 13.7. The van der Waals surface area contributed by atoms with Crippen LogP contribution < -0.4 is 10.2 Å². The molecule has 178 valence electrons. The van der Waals surface area contributed by atoms with Gasteiger partial charge in [0.15, 0.2) is 0 Å². The number of hydrogen-bond acceptors (Lipinski definition) is 3. The van der Waals surface area contributed by atoms with Crippen molar-refractivity contribution in [3.63, 3.8) is 0 Å². The summed E-state index contributed by atoms with van der Waals surface area (Å²) in [5.41, 5.74) is 2.50. The molecular weight excluding hydrogens is 457 g/mol. The van der Waals surface area contributed by atoms with Gasteiger partial charge in [0.2, 0.25) is 5.91 Å². The summed E-state index contributed by atoms with van der Waals surface area (Å²) in [5.74, 6) is -5.69. The van der Waals surface area contributed by atoms with Crippen molar-refractivity contribution in [2.45, 2.75) is 31.4 Å². The van der Waals surface area contributed by atoms with Crippen LogP contribution in [0, 0.1) is 5.82 Å². The van der Waals surface area contributed by atoms with Gasteiger partial charge >= 0.3 is 5.92 Å². The highest BCUT2D eigenvalue weighted by atomic mass is 19.3. The van der Waals surface area contributed by atoms with E-state index in [1.807, 2.05) is 6.07 Å². The van der Waals surface area contributed by atoms with Gasteiger partial charge in [-0.05, 0) is 42.0 Å². The largest absolute Gasteiger partial charge is 0.345 e. The first-order chi connectivity index (χ1) is 16.7. The molecule has 0 radical (unpaired) electrons. The molecule has 2 unspecified atom stereocenters. The number of carbonyl (C=O) groups is 2. The first kappa shape index (κ1) is 22.6. The van der Waals surface area contributed by atoms with Crippen LogP contribution in [0.25, 0.3) is 16.6 Å². The summed E-state index contributed by atoms with van der Waals surface area (Å²) in [7, 11) is 0. The van der Waals surface area contributed by atoms with Crippen molar-refractivity contribution in [3.05, 3.63) is 90.4 Å². The average molecular weight is 478 g/mol. The van der Waals surface area contributed by atoms with Crippen LogP contribution in [0.15, 0.2) is 79.0 Å². The van der Waals surface area contributed by atoms with Crippen LogP contribution in [-0.4, -0.2) is 33.6 Å². The van der Waals surface area contributed by atoms with Gasteiger partial charge in [0.05, 0.1) is 29.5 Å². The molecule has 1 N–H and O–H groups in total. The minimum Gasteiger partial charge on any atom is -0.345 e. The molecule has 2 amide bonds. The molecular formula is C26H21F3N4O2. The van der Waals surface area contributed by atoms with E-state index in [4.69, 9.17) is 0 Å². The molecule has 0 spiro atoms. The molecule has 2 atom stereocenters. The summed E-state index contributed by atoms with van der Waals surface area (Å²) in [6.45, 7) is 0.526. The summed E-state index contributed by atoms with van der Waals surface area (Å²) >= 11 is 0. The number of benzene rings is 3. The number of carbonyl (C=O) groups excluding carboxylic acids is 2. The van der Waals surface area contributed by atoms with Crippen LogP contribution in [-0.2, 0) is 9.59 Å². The second kappa shape index (κ2) is 8.57. The van der Waals surface area contributed by atoms with E-state index in [1.54, 1.807) is 65.5 Å². The number of rotatable bonds is 5. The SMILES string of the molecule is CC(F)(F)C(=O)NC1CC(=O)N(c2ccc3c(cnn3-c3cccc(F)c3)c2)C1c1ccccc1. The number of hydrogen-bond donors (Lipinski definition) is 1. The van der Waals surface area contributed by atoms with Gasteiger partial charge in [-0.1, -0.05) is 36.4 Å². The predicted octanol–water partition coefficient (Wildman–Crippen LogP) is 4.78. The van der Waals surface area contributed by atoms with E-state index in [0.29, 0.717) is 34.8 Å². The molecule has 1 aromatic heterocycles. The standard InChI is InChI=1S/C26H21F3N4O2/c1-26(28,29)25(35)31-21-14-23(34)32(24(21)16-6-3-2-4-7-16)19-10-11-22-17(12-19)15-30-33(22)20-9-5-8-18(27)13-20/h2-13,15,21,24H,14H2,1H3,(H,31,35). The number of aromatic nitrogens is 2. The van der Waals surface area contributed by atoms with E-state index in [9.17, 15) is 22.8 Å². The third-order valence-corrected chi connectivity index (χ3v) is 6.06. The van der Waals surface area contributed by atoms with Gasteiger partial charge in [0, 0.05) is 24.4 Å². The van der Waals surface area contributed by atoms with Crippen molar-refractivity contribution in [1.82, 2.24) is 15.1 Å². The van der Waals surface area contributed by atoms with E-state index in [2.05, 4.69) is 10.4 Å². The fourth-order valence-electron chi connectivity index (χ4n) is 4.48. The Balaban J connectivity index is 1.54. The Labute approximate surface area is 199 Å². The monoisotopic (exact) mass is 478 g/mol. The second-order valence-corrected chi connectivity index (χ2v) is 8.57. The highest BCUT2D eigenvalue weighted by Gasteiger charge is 2.45. The maximum absolute atomic E-state index is 13.7. The zero-order valence-corrected chi connectivity index (χ0v) is 18.7. The number of amides is 2. The number of halogens is 3. The molecule has 1 aliphatic rings. The Kier molecular flexibility index (Phi) is 5.55. The third-order valence-electron chi connectivity index (χ3n) is 6.06. The number of nitrogens with one attached hydrogen (secondary N) is 1. The Morgan fingerprint density at radius 1 is 1.03 bits per heavy atom. The lowest BCUT2D eigenvalue weighted by Crippen LogP contribution is -2.46. The van der Waals surface area contributed by atoms with E-state index >= 15 is 0 Å². The van der Waals surface area contributed by atoms with Crippen molar-refractivity contribution in [3.8, 4) is 5.69 Å². The number of alkyl halides is 2. The molecule has 9 heteroatoms. The fraction of sp³-hybridized carbons (Fsp3) is 0.192. The number of fused-ring (bicyclic) bond motifs is 1. The molecule has 5 rings (SSSR count). The summed E-state index contributed by atoms with van der Waals surface area (Å²) < 4.78 is 42.5. The molecule has 2 heterocycles. The van der Waals surface area contributed by atoms with Crippen LogP contribution in [0.2, 0.25) is 0 Å². The van der Waals surface area contributed by atoms with Crippen LogP contribution in [0.5, 0.6) is 0 Å². The second-order valence-electron chi connectivity index (χ2n) is 8.57. The van der Waals surface area contributed by atoms with Gasteiger partial charge in [-0.3, -0.25) is 9.59 Å². The quantitative estimate of drug-likeness (QED) is 0.449. The van der Waals surface area contributed by atoms with E-state index < -0.39 is 23.9 Å². The Bertz CT molecular complexity index is 1420. The van der Waals surface area contributed by atoms with E-state index in [0.717, 1.165) is 0 Å². The Morgan fingerprint density at radius 3 is 2.51 bits per heavy atom. The minimum absolute atomic E-state index is 0.123. The first-order valence-electron chi connectivity index (χ1n) is 11.0. The molecule has 0 bridgehead atoms. The normalized spacial score (nSPS) is 18.3. The smallest absolute Gasteiger partial charge is 0.321 e. The van der Waals surface area contributed by atoms with Crippen molar-refractivity contribution in [2.75, 3.05) is 4.90 Å². The van der Waals surface area contributed by atoms with Crippen molar-refractivity contribution < 1.29 is 22.8 Å². The van der Waals surface area contributed by atoms with Gasteiger partial charge in [0.25, 0.3) is 5.91 Å². The molecule has 1 aliphatic heterocycles. The zero-order valence-electron chi connectivity index (χ0n) is 18.7. The predicted molar refractivity (Wildman–Crippen MR) is 125 cm³/mol. The van der Waals surface area contributed by atoms with Crippen LogP contribution >= 0.6 is 0 Å². The highest BCUT2D eigenvalue weighted by molar-refractivity contribution is 6.00. The maximum Gasteiger partial charge on any atom is 0.321 e. The van der Waals surface area contributed by atoms with Gasteiger partial charge in [-0.2, -0.15) is 13.9 Å². The average Bonchev–Trinajstić information content (AvgIpc) is 3.39. The molecule has 0 saturated carbocycles. The lowest BCUT2D eigenvalue weighted by atomic mass is 9.99. The molecule has 0 aliphatic carbocycles. The minimum atomic E-state index is -3.57. The van der Waals surface area contributed by atoms with Crippen molar-refractivity contribution >= 4 is 28.4 Å². The molecule has 35 heavy (non-hydrogen) atoms. The molecule has 1 saturated heterocycles. The lowest BCUT2D eigenvalue weighted by molar-refractivity contribution is -0.143. The van der Waals surface area contributed by atoms with Crippen LogP contribution in [0.4, 0.5) is 18.9 Å². The van der Waals surface area contributed by atoms with Gasteiger partial charge in [0.1, 0.15) is 5.82 Å². The van der Waals surface area contributed by atoms with Gasteiger partial charge in [-0.15, -0.1) is 0 Å². The van der Waals surface area contributed by atoms with Crippen molar-refractivity contribution in [2.24, 2.45) is 0 Å². The van der Waals surface area contributed by atoms with Crippen molar-refractivity contribution in [1.29, 1.82) is 0 Å². The Hall–Kier alpha value is -4.14. The lowest BCUT2D eigenvalue weighted by Gasteiger charge is -2.29. The number of nitrogens with zero attached hydrogens (tertiary/aromatic N) is 3. The third kappa shape index (κ3) is 4.25. The Morgan fingerprint density at radius 2 is 1.80 bits per heavy atom. The fourth-order valence-corrected chi connectivity index (χ4v) is 4.48. The highest BCUT2D eigenvalue weighted by Crippen LogP contribution is 2.39. The summed E-state index contributed by atoms with van der Waals surface area (Å²) in [5, 5.41) is 7.43. The molecule has 3 aromatic carbocycles. The molecule has 4 aromatic rings. The van der Waals surface area contributed by atoms with E-state index in [1.165, 1.54) is 17.0 Å². The summed E-state index contributed by atoms with van der Waals surface area (Å²) in [6, 6.07) is 18.8.